The van der Waals surface area contributed by atoms with E-state index in [1.807, 2.05) is 0 Å². The minimum absolute atomic E-state index is 0.0709. The van der Waals surface area contributed by atoms with Crippen molar-refractivity contribution in [2.45, 2.75) is 21.5 Å². The highest BCUT2D eigenvalue weighted by Gasteiger charge is 2.57. The number of aliphatic carboxylic acids is 1. The minimum Gasteiger partial charge on any atom is -0.481 e. The highest BCUT2D eigenvalue weighted by molar-refractivity contribution is 8.00. The molecule has 1 aromatic carbocycles. The number of thioether (sulfide) groups is 3. The Morgan fingerprint density at radius 1 is 1.33 bits per heavy atom. The van der Waals surface area contributed by atoms with E-state index in [4.69, 9.17) is 23.2 Å². The number of aromatic nitrogens is 4. The van der Waals surface area contributed by atoms with Gasteiger partial charge in [0, 0.05) is 30.0 Å². The fourth-order valence-electron chi connectivity index (χ4n) is 3.38. The molecule has 0 bridgehead atoms. The van der Waals surface area contributed by atoms with Gasteiger partial charge in [-0.3, -0.25) is 14.4 Å². The Kier molecular flexibility index (Phi) is 7.34. The predicted octanol–water partition coefficient (Wildman–Crippen LogP) is 1.87. The topological polar surface area (TPSA) is 130 Å². The molecule has 33 heavy (non-hydrogen) atoms. The number of β-lactam (4-membered cyclic amide) rings is 1. The fourth-order valence-corrected chi connectivity index (χ4v) is 7.20. The lowest BCUT2D eigenvalue weighted by molar-refractivity contribution is -0.157. The van der Waals surface area contributed by atoms with E-state index in [2.05, 4.69) is 20.8 Å². The number of benzene rings is 1. The summed E-state index contributed by atoms with van der Waals surface area (Å²) < 4.78 is 1.47. The van der Waals surface area contributed by atoms with E-state index < -0.39 is 17.4 Å². The van der Waals surface area contributed by atoms with E-state index in [0.717, 1.165) is 4.90 Å². The molecule has 0 saturated carbocycles. The van der Waals surface area contributed by atoms with E-state index in [1.54, 1.807) is 25.2 Å². The first-order valence-corrected chi connectivity index (χ1v) is 13.4. The summed E-state index contributed by atoms with van der Waals surface area (Å²) in [6, 6.07) is 4.43. The van der Waals surface area contributed by atoms with Gasteiger partial charge in [-0.1, -0.05) is 35.0 Å². The van der Waals surface area contributed by atoms with Gasteiger partial charge in [0.05, 0.1) is 15.8 Å². The Hall–Kier alpha value is -1.67. The third kappa shape index (κ3) is 5.06. The van der Waals surface area contributed by atoms with Gasteiger partial charge in [0.15, 0.2) is 0 Å². The van der Waals surface area contributed by atoms with Gasteiger partial charge in [0.25, 0.3) is 0 Å². The molecule has 0 aliphatic carbocycles. The normalized spacial score (nSPS) is 24.2. The Labute approximate surface area is 211 Å². The van der Waals surface area contributed by atoms with E-state index in [1.165, 1.54) is 44.9 Å². The van der Waals surface area contributed by atoms with Crippen LogP contribution in [0.25, 0.3) is 0 Å². The zero-order chi connectivity index (χ0) is 23.8. The van der Waals surface area contributed by atoms with Gasteiger partial charge in [-0.15, -0.1) is 28.6 Å². The maximum absolute atomic E-state index is 12.7. The number of rotatable bonds is 8. The van der Waals surface area contributed by atoms with Gasteiger partial charge in [0.1, 0.15) is 16.8 Å². The van der Waals surface area contributed by atoms with Crippen LogP contribution in [0.2, 0.25) is 10.0 Å². The molecule has 0 radical (unpaired) electrons. The van der Waals surface area contributed by atoms with Crippen LogP contribution in [0.1, 0.15) is 0 Å². The van der Waals surface area contributed by atoms with Gasteiger partial charge in [-0.05, 0) is 28.6 Å². The summed E-state index contributed by atoms with van der Waals surface area (Å²) in [5.41, 5.74) is -1.13. The second-order valence-corrected chi connectivity index (χ2v) is 11.4. The quantitative estimate of drug-likeness (QED) is 0.372. The van der Waals surface area contributed by atoms with Crippen LogP contribution in [0.3, 0.4) is 0 Å². The molecule has 2 unspecified atom stereocenters. The summed E-state index contributed by atoms with van der Waals surface area (Å²) in [7, 11) is 1.67. The number of carboxylic acids is 1. The van der Waals surface area contributed by atoms with Gasteiger partial charge in [-0.25, -0.2) is 4.68 Å². The summed E-state index contributed by atoms with van der Waals surface area (Å²) in [5.74, 6) is -0.910. The first-order valence-electron chi connectivity index (χ1n) is 9.58. The molecule has 2 aliphatic rings. The summed E-state index contributed by atoms with van der Waals surface area (Å²) in [4.78, 5) is 39.5. The van der Waals surface area contributed by atoms with E-state index in [-0.39, 0.29) is 35.2 Å². The molecule has 15 heteroatoms. The molecule has 176 valence electrons. The molecule has 2 amide bonds. The molecule has 10 nitrogen and oxygen atoms in total. The number of hydrogen-bond donors (Lipinski definition) is 2. The van der Waals surface area contributed by atoms with Gasteiger partial charge >= 0.3 is 5.97 Å². The highest BCUT2D eigenvalue weighted by atomic mass is 35.5. The Balaban J connectivity index is 1.32. The van der Waals surface area contributed by atoms with Crippen LogP contribution in [-0.2, 0) is 21.4 Å². The second kappa shape index (κ2) is 9.90. The molecule has 2 fully saturated rings. The first kappa shape index (κ1) is 24.5. The molecule has 3 heterocycles. The Bertz CT molecular complexity index is 1100. The number of nitrogens with one attached hydrogen (secondary N) is 1. The van der Waals surface area contributed by atoms with Crippen molar-refractivity contribution in [3.05, 3.63) is 28.2 Å². The van der Waals surface area contributed by atoms with Crippen LogP contribution < -0.4 is 5.32 Å². The molecule has 2 aliphatic heterocycles. The molecule has 0 spiro atoms. The lowest BCUT2D eigenvalue weighted by Crippen LogP contribution is -2.74. The molecule has 3 atom stereocenters. The number of carboxylic acid groups (broad SMARTS) is 1. The van der Waals surface area contributed by atoms with Crippen molar-refractivity contribution in [3.8, 4) is 0 Å². The third-order valence-electron chi connectivity index (χ3n) is 5.23. The largest absolute Gasteiger partial charge is 0.481 e. The van der Waals surface area contributed by atoms with E-state index in [9.17, 15) is 19.5 Å². The maximum Gasteiger partial charge on any atom is 0.313 e. The molecular weight excluding hydrogens is 531 g/mol. The van der Waals surface area contributed by atoms with Crippen molar-refractivity contribution in [2.75, 3.05) is 23.8 Å². The second-order valence-electron chi connectivity index (χ2n) is 7.54. The number of amides is 2. The van der Waals surface area contributed by atoms with Crippen molar-refractivity contribution >= 4 is 76.3 Å². The lowest BCUT2D eigenvalue weighted by Gasteiger charge is -2.53. The number of tetrazole rings is 1. The Morgan fingerprint density at radius 2 is 2.12 bits per heavy atom. The van der Waals surface area contributed by atoms with Crippen molar-refractivity contribution < 1.29 is 19.5 Å². The lowest BCUT2D eigenvalue weighted by atomic mass is 9.89. The summed E-state index contributed by atoms with van der Waals surface area (Å²) in [6.07, 6.45) is 0. The number of carbonyl (C=O) groups is 3. The first-order chi connectivity index (χ1) is 15.7. The van der Waals surface area contributed by atoms with Gasteiger partial charge < -0.3 is 15.3 Å². The highest BCUT2D eigenvalue weighted by Crippen LogP contribution is 2.44. The number of carbonyl (C=O) groups excluding carboxylic acids is 2. The van der Waals surface area contributed by atoms with Crippen LogP contribution in [0.4, 0.5) is 0 Å². The minimum atomic E-state index is -1.13. The fraction of sp³-hybridized carbons (Fsp3) is 0.444. The SMILES string of the molecule is Cn1nnnc1SCC1(C(=O)O)CS[C@@H]2C(NC(=O)CSc3ccc(Cl)c(Cl)c3)C(=O)N2C1. The number of aryl methyl sites for hydroxylation is 1. The number of nitrogens with zero attached hydrogens (tertiary/aromatic N) is 5. The van der Waals surface area contributed by atoms with Crippen molar-refractivity contribution in [1.29, 1.82) is 0 Å². The monoisotopic (exact) mass is 548 g/mol. The van der Waals surface area contributed by atoms with Crippen molar-refractivity contribution in [1.82, 2.24) is 30.4 Å². The van der Waals surface area contributed by atoms with E-state index in [0.29, 0.717) is 21.0 Å². The zero-order valence-electron chi connectivity index (χ0n) is 17.1. The zero-order valence-corrected chi connectivity index (χ0v) is 21.1. The van der Waals surface area contributed by atoms with Crippen LogP contribution in [0, 0.1) is 5.41 Å². The number of hydrogen-bond acceptors (Lipinski definition) is 9. The summed E-state index contributed by atoms with van der Waals surface area (Å²) in [6.45, 7) is 0.0709. The average Bonchev–Trinajstić information content (AvgIpc) is 3.21. The van der Waals surface area contributed by atoms with Gasteiger partial charge in [0.2, 0.25) is 17.0 Å². The number of fused-ring (bicyclic) bond motifs is 1. The maximum atomic E-state index is 12.7. The van der Waals surface area contributed by atoms with E-state index >= 15 is 0 Å². The molecular formula is C18H18Cl2N6O4S3. The molecule has 2 aromatic rings. The standard InChI is InChI=1S/C18H18Cl2N6O4S3/c1-25-17(22-23-24-25)33-8-18(16(29)30)6-26-14(28)13(15(26)32-7-18)21-12(27)5-31-9-2-3-10(19)11(20)4-9/h2-4,13,15H,5-8H2,1H3,(H,21,27)(H,29,30)/t13?,15-,18?/m1/s1. The van der Waals surface area contributed by atoms with Crippen LogP contribution in [-0.4, -0.2) is 83.2 Å². The third-order valence-corrected chi connectivity index (χ3v) is 9.86. The molecule has 2 N–H and O–H groups in total. The van der Waals surface area contributed by atoms with Crippen LogP contribution in [0.5, 0.6) is 0 Å². The predicted molar refractivity (Wildman–Crippen MR) is 127 cm³/mol. The summed E-state index contributed by atoms with van der Waals surface area (Å²) >= 11 is 15.8. The van der Waals surface area contributed by atoms with Crippen LogP contribution in [0.15, 0.2) is 28.3 Å². The van der Waals surface area contributed by atoms with Gasteiger partial charge in [-0.2, -0.15) is 0 Å². The molecule has 4 rings (SSSR count). The smallest absolute Gasteiger partial charge is 0.313 e. The summed E-state index contributed by atoms with van der Waals surface area (Å²) in [5, 5.41) is 24.9. The molecule has 1 aromatic heterocycles. The number of halogens is 2. The Morgan fingerprint density at radius 3 is 2.79 bits per heavy atom. The molecule has 2 saturated heterocycles. The van der Waals surface area contributed by atoms with Crippen molar-refractivity contribution in [3.63, 3.8) is 0 Å². The van der Waals surface area contributed by atoms with Crippen molar-refractivity contribution in [2.24, 2.45) is 12.5 Å². The average molecular weight is 549 g/mol. The van der Waals surface area contributed by atoms with Crippen LogP contribution >= 0.6 is 58.5 Å².